The largest absolute Gasteiger partial charge is 0.359 e. The molecule has 1 N–H and O–H groups in total. The molecule has 0 saturated carbocycles. The van der Waals surface area contributed by atoms with Crippen molar-refractivity contribution in [3.8, 4) is 0 Å². The van der Waals surface area contributed by atoms with E-state index in [9.17, 15) is 13.2 Å². The first-order chi connectivity index (χ1) is 8.95. The Hall–Kier alpha value is -0.920. The van der Waals surface area contributed by atoms with Crippen molar-refractivity contribution in [1.82, 2.24) is 9.62 Å². The molecule has 0 bridgehead atoms. The van der Waals surface area contributed by atoms with Crippen LogP contribution >= 0.6 is 11.3 Å². The number of amides is 1. The molecule has 7 heteroatoms. The average Bonchev–Trinajstić information content (AvgIpc) is 2.85. The molecule has 2 rings (SSSR count). The number of nitrogens with one attached hydrogen (secondary N) is 1. The van der Waals surface area contributed by atoms with Gasteiger partial charge in [0.2, 0.25) is 5.91 Å². The predicted molar refractivity (Wildman–Crippen MR) is 74.6 cm³/mol. The summed E-state index contributed by atoms with van der Waals surface area (Å²) >= 11 is 1.27. The zero-order valence-electron chi connectivity index (χ0n) is 11.0. The van der Waals surface area contributed by atoms with E-state index in [2.05, 4.69) is 5.32 Å². The van der Waals surface area contributed by atoms with Gasteiger partial charge in [0.15, 0.2) is 0 Å². The third-order valence-electron chi connectivity index (χ3n) is 3.31. The van der Waals surface area contributed by atoms with E-state index in [0.717, 1.165) is 17.7 Å². The van der Waals surface area contributed by atoms with Gasteiger partial charge in [0.05, 0.1) is 5.92 Å². The number of aryl methyl sites for hydroxylation is 1. The van der Waals surface area contributed by atoms with Gasteiger partial charge >= 0.3 is 0 Å². The molecule has 1 aromatic heterocycles. The van der Waals surface area contributed by atoms with Crippen LogP contribution in [0.1, 0.15) is 17.7 Å². The Kier molecular flexibility index (Phi) is 4.27. The SMILES string of the molecule is CNC(=O)C1CCCN(S(=O)(=O)c2ccc(C)s2)C1. The second-order valence-corrected chi connectivity index (χ2v) is 8.13. The number of carbonyl (C=O) groups excluding carboxylic acids is 1. The van der Waals surface area contributed by atoms with Crippen LogP contribution in [0.25, 0.3) is 0 Å². The van der Waals surface area contributed by atoms with Gasteiger partial charge in [-0.2, -0.15) is 4.31 Å². The molecule has 1 amide bonds. The molecular formula is C12H18N2O3S2. The van der Waals surface area contributed by atoms with Crippen molar-refractivity contribution >= 4 is 27.3 Å². The van der Waals surface area contributed by atoms with E-state index in [1.54, 1.807) is 19.2 Å². The minimum atomic E-state index is -3.44. The highest BCUT2D eigenvalue weighted by Crippen LogP contribution is 2.28. The summed E-state index contributed by atoms with van der Waals surface area (Å²) in [5, 5.41) is 2.59. The molecular weight excluding hydrogens is 284 g/mol. The second kappa shape index (κ2) is 5.60. The normalized spacial score (nSPS) is 21.3. The summed E-state index contributed by atoms with van der Waals surface area (Å²) in [6.07, 6.45) is 1.47. The molecule has 1 aliphatic rings. The van der Waals surface area contributed by atoms with Crippen LogP contribution in [0.15, 0.2) is 16.3 Å². The smallest absolute Gasteiger partial charge is 0.252 e. The fraction of sp³-hybridized carbons (Fsp3) is 0.583. The topological polar surface area (TPSA) is 66.5 Å². The lowest BCUT2D eigenvalue weighted by Gasteiger charge is -2.30. The summed E-state index contributed by atoms with van der Waals surface area (Å²) in [7, 11) is -1.86. The molecule has 1 atom stereocenters. The average molecular weight is 302 g/mol. The predicted octanol–water partition coefficient (Wildman–Crippen LogP) is 1.20. The van der Waals surface area contributed by atoms with Crippen LogP contribution in [-0.4, -0.2) is 38.8 Å². The van der Waals surface area contributed by atoms with Crippen molar-refractivity contribution in [2.75, 3.05) is 20.1 Å². The Labute approximate surface area is 117 Å². The van der Waals surface area contributed by atoms with Crippen molar-refractivity contribution in [2.24, 2.45) is 5.92 Å². The molecule has 1 fully saturated rings. The molecule has 0 radical (unpaired) electrons. The molecule has 1 saturated heterocycles. The minimum absolute atomic E-state index is 0.0812. The van der Waals surface area contributed by atoms with E-state index in [-0.39, 0.29) is 18.4 Å². The highest BCUT2D eigenvalue weighted by Gasteiger charge is 2.33. The highest BCUT2D eigenvalue weighted by atomic mass is 32.2. The third kappa shape index (κ3) is 2.98. The van der Waals surface area contributed by atoms with Crippen LogP contribution in [0.5, 0.6) is 0 Å². The van der Waals surface area contributed by atoms with Crippen molar-refractivity contribution in [3.63, 3.8) is 0 Å². The molecule has 1 aliphatic heterocycles. The zero-order valence-corrected chi connectivity index (χ0v) is 12.7. The first-order valence-electron chi connectivity index (χ1n) is 6.23. The molecule has 2 heterocycles. The summed E-state index contributed by atoms with van der Waals surface area (Å²) in [4.78, 5) is 12.6. The zero-order chi connectivity index (χ0) is 14.0. The van der Waals surface area contributed by atoms with Crippen LogP contribution in [0, 0.1) is 12.8 Å². The molecule has 0 aromatic carbocycles. The Morgan fingerprint density at radius 3 is 2.79 bits per heavy atom. The number of hydrogen-bond acceptors (Lipinski definition) is 4. The standard InChI is InChI=1S/C12H18N2O3S2/c1-9-5-6-11(18-9)19(16,17)14-7-3-4-10(8-14)12(15)13-2/h5-6,10H,3-4,7-8H2,1-2H3,(H,13,15). The van der Waals surface area contributed by atoms with E-state index >= 15 is 0 Å². The van der Waals surface area contributed by atoms with Crippen LogP contribution < -0.4 is 5.32 Å². The summed E-state index contributed by atoms with van der Waals surface area (Å²) in [6.45, 7) is 2.65. The van der Waals surface area contributed by atoms with E-state index in [4.69, 9.17) is 0 Å². The van der Waals surface area contributed by atoms with Gasteiger partial charge in [-0.25, -0.2) is 8.42 Å². The lowest BCUT2D eigenvalue weighted by atomic mass is 9.99. The number of sulfonamides is 1. The summed E-state index contributed by atoms with van der Waals surface area (Å²) < 4.78 is 26.7. The summed E-state index contributed by atoms with van der Waals surface area (Å²) in [6, 6.07) is 3.44. The lowest BCUT2D eigenvalue weighted by molar-refractivity contribution is -0.125. The molecule has 0 aliphatic carbocycles. The monoisotopic (exact) mass is 302 g/mol. The van der Waals surface area contributed by atoms with Gasteiger partial charge in [0, 0.05) is 25.0 Å². The lowest BCUT2D eigenvalue weighted by Crippen LogP contribution is -2.44. The van der Waals surface area contributed by atoms with Gasteiger partial charge in [0.25, 0.3) is 10.0 Å². The molecule has 5 nitrogen and oxygen atoms in total. The van der Waals surface area contributed by atoms with E-state index in [1.165, 1.54) is 15.6 Å². The number of carbonyl (C=O) groups is 1. The number of hydrogen-bond donors (Lipinski definition) is 1. The first kappa shape index (κ1) is 14.5. The fourth-order valence-corrected chi connectivity index (χ4v) is 5.22. The maximum absolute atomic E-state index is 12.5. The van der Waals surface area contributed by atoms with Crippen molar-refractivity contribution in [3.05, 3.63) is 17.0 Å². The van der Waals surface area contributed by atoms with E-state index < -0.39 is 10.0 Å². The van der Waals surface area contributed by atoms with E-state index in [0.29, 0.717) is 10.8 Å². The van der Waals surface area contributed by atoms with Crippen LogP contribution in [-0.2, 0) is 14.8 Å². The molecule has 19 heavy (non-hydrogen) atoms. The Bertz CT molecular complexity index is 565. The van der Waals surface area contributed by atoms with Gasteiger partial charge in [-0.1, -0.05) is 0 Å². The summed E-state index contributed by atoms with van der Waals surface area (Å²) in [5.74, 6) is -0.322. The number of thiophene rings is 1. The van der Waals surface area contributed by atoms with E-state index in [1.807, 2.05) is 6.92 Å². The van der Waals surface area contributed by atoms with Crippen LogP contribution in [0.4, 0.5) is 0 Å². The van der Waals surface area contributed by atoms with Gasteiger partial charge < -0.3 is 5.32 Å². The molecule has 1 unspecified atom stereocenters. The van der Waals surface area contributed by atoms with Crippen LogP contribution in [0.2, 0.25) is 0 Å². The Balaban J connectivity index is 2.19. The number of nitrogens with zero attached hydrogens (tertiary/aromatic N) is 1. The maximum atomic E-state index is 12.5. The van der Waals surface area contributed by atoms with Crippen molar-refractivity contribution < 1.29 is 13.2 Å². The van der Waals surface area contributed by atoms with Gasteiger partial charge in [-0.3, -0.25) is 4.79 Å². The van der Waals surface area contributed by atoms with Gasteiger partial charge in [-0.15, -0.1) is 11.3 Å². The highest BCUT2D eigenvalue weighted by molar-refractivity contribution is 7.91. The Morgan fingerprint density at radius 2 is 2.21 bits per heavy atom. The van der Waals surface area contributed by atoms with Gasteiger partial charge in [0.1, 0.15) is 4.21 Å². The third-order valence-corrected chi connectivity index (χ3v) is 6.64. The minimum Gasteiger partial charge on any atom is -0.359 e. The molecule has 0 spiro atoms. The Morgan fingerprint density at radius 1 is 1.47 bits per heavy atom. The number of piperidine rings is 1. The van der Waals surface area contributed by atoms with Gasteiger partial charge in [-0.05, 0) is 31.9 Å². The first-order valence-corrected chi connectivity index (χ1v) is 8.49. The maximum Gasteiger partial charge on any atom is 0.252 e. The molecule has 1 aromatic rings. The second-order valence-electron chi connectivity index (χ2n) is 4.68. The number of rotatable bonds is 3. The molecule has 106 valence electrons. The van der Waals surface area contributed by atoms with Crippen molar-refractivity contribution in [1.29, 1.82) is 0 Å². The summed E-state index contributed by atoms with van der Waals surface area (Å²) in [5.41, 5.74) is 0. The fourth-order valence-electron chi connectivity index (χ4n) is 2.26. The van der Waals surface area contributed by atoms with Crippen molar-refractivity contribution in [2.45, 2.75) is 24.0 Å². The van der Waals surface area contributed by atoms with Crippen LogP contribution in [0.3, 0.4) is 0 Å². The quantitative estimate of drug-likeness (QED) is 0.912.